The number of rotatable bonds is 3. The summed E-state index contributed by atoms with van der Waals surface area (Å²) in [7, 11) is 2.07. The number of hydrogen-bond acceptors (Lipinski definition) is 1. The third-order valence-corrected chi connectivity index (χ3v) is 6.22. The Morgan fingerprint density at radius 2 is 1.50 bits per heavy atom. The zero-order valence-electron chi connectivity index (χ0n) is 12.2. The minimum atomic E-state index is -0.131. The van der Waals surface area contributed by atoms with Crippen LogP contribution in [0.15, 0.2) is 24.3 Å². The lowest BCUT2D eigenvalue weighted by Gasteiger charge is -2.56. The highest BCUT2D eigenvalue weighted by Crippen LogP contribution is 2.59. The molecule has 1 unspecified atom stereocenters. The maximum atomic E-state index is 13.2. The van der Waals surface area contributed by atoms with Crippen molar-refractivity contribution in [2.24, 2.45) is 29.6 Å². The summed E-state index contributed by atoms with van der Waals surface area (Å²) >= 11 is 0. The molecule has 4 bridgehead atoms. The molecule has 4 aliphatic rings. The number of benzene rings is 1. The Kier molecular flexibility index (Phi) is 3.10. The van der Waals surface area contributed by atoms with Crippen LogP contribution in [0, 0.1) is 35.4 Å². The summed E-state index contributed by atoms with van der Waals surface area (Å²) in [6.07, 6.45) is 7.27. The van der Waals surface area contributed by atoms with Crippen LogP contribution in [0.25, 0.3) is 0 Å². The molecule has 20 heavy (non-hydrogen) atoms. The van der Waals surface area contributed by atoms with Crippen molar-refractivity contribution in [3.05, 3.63) is 35.6 Å². The van der Waals surface area contributed by atoms with Crippen molar-refractivity contribution in [2.75, 3.05) is 7.05 Å². The average Bonchev–Trinajstić information content (AvgIpc) is 2.43. The summed E-state index contributed by atoms with van der Waals surface area (Å²) < 4.78 is 13.2. The van der Waals surface area contributed by atoms with E-state index in [1.807, 2.05) is 12.1 Å². The fourth-order valence-corrected chi connectivity index (χ4v) is 5.76. The molecule has 0 amide bonds. The van der Waals surface area contributed by atoms with Crippen LogP contribution in [-0.4, -0.2) is 7.05 Å². The molecule has 4 saturated carbocycles. The van der Waals surface area contributed by atoms with Gasteiger partial charge in [0.2, 0.25) is 0 Å². The van der Waals surface area contributed by atoms with Gasteiger partial charge in [0.15, 0.2) is 0 Å². The number of nitrogens with one attached hydrogen (secondary N) is 1. The summed E-state index contributed by atoms with van der Waals surface area (Å²) in [5, 5.41) is 3.54. The highest BCUT2D eigenvalue weighted by molar-refractivity contribution is 5.22. The van der Waals surface area contributed by atoms with Crippen LogP contribution in [0.2, 0.25) is 0 Å². The highest BCUT2D eigenvalue weighted by Gasteiger charge is 2.50. The first-order chi connectivity index (χ1) is 9.74. The zero-order valence-corrected chi connectivity index (χ0v) is 12.2. The first-order valence-corrected chi connectivity index (χ1v) is 8.17. The Balaban J connectivity index is 1.63. The molecule has 4 fully saturated rings. The van der Waals surface area contributed by atoms with Crippen LogP contribution in [0.5, 0.6) is 0 Å². The topological polar surface area (TPSA) is 12.0 Å². The normalized spacial score (nSPS) is 40.0. The molecule has 0 heterocycles. The van der Waals surface area contributed by atoms with E-state index in [9.17, 15) is 4.39 Å². The minimum absolute atomic E-state index is 0.131. The van der Waals surface area contributed by atoms with E-state index in [-0.39, 0.29) is 5.82 Å². The Hall–Kier alpha value is -0.890. The Bertz CT molecular complexity index is 453. The zero-order chi connectivity index (χ0) is 13.7. The van der Waals surface area contributed by atoms with Gasteiger partial charge in [0.1, 0.15) is 5.82 Å². The number of halogens is 1. The van der Waals surface area contributed by atoms with E-state index in [2.05, 4.69) is 12.4 Å². The molecule has 0 radical (unpaired) electrons. The summed E-state index contributed by atoms with van der Waals surface area (Å²) in [6.45, 7) is 0. The molecule has 1 atom stereocenters. The summed E-state index contributed by atoms with van der Waals surface area (Å²) in [5.41, 5.74) is 1.27. The van der Waals surface area contributed by atoms with E-state index >= 15 is 0 Å². The Morgan fingerprint density at radius 3 is 2.00 bits per heavy atom. The van der Waals surface area contributed by atoms with E-state index < -0.39 is 0 Å². The van der Waals surface area contributed by atoms with Gasteiger partial charge in [0.05, 0.1) is 0 Å². The summed E-state index contributed by atoms with van der Waals surface area (Å²) in [6, 6.07) is 7.57. The standard InChI is InChI=1S/C18H24FN/c1-20-18(13-2-4-16(19)5-3-13)17-14-7-11-6-12(9-14)10-15(17)8-11/h2-5,11-12,14-15,17-18,20H,6-10H2,1H3. The van der Waals surface area contributed by atoms with Crippen LogP contribution in [0.1, 0.15) is 43.7 Å². The van der Waals surface area contributed by atoms with Crippen LogP contribution in [0.4, 0.5) is 4.39 Å². The molecule has 108 valence electrons. The molecule has 1 aromatic carbocycles. The van der Waals surface area contributed by atoms with Crippen molar-refractivity contribution < 1.29 is 4.39 Å². The molecule has 1 aromatic rings. The second kappa shape index (κ2) is 4.84. The van der Waals surface area contributed by atoms with Gasteiger partial charge in [-0.05, 0) is 86.4 Å². The van der Waals surface area contributed by atoms with Gasteiger partial charge in [-0.2, -0.15) is 0 Å². The van der Waals surface area contributed by atoms with Crippen molar-refractivity contribution in [3.8, 4) is 0 Å². The number of hydrogen-bond donors (Lipinski definition) is 1. The fraction of sp³-hybridized carbons (Fsp3) is 0.667. The summed E-state index contributed by atoms with van der Waals surface area (Å²) in [5.74, 6) is 4.45. The van der Waals surface area contributed by atoms with Gasteiger partial charge in [-0.25, -0.2) is 4.39 Å². The van der Waals surface area contributed by atoms with Gasteiger partial charge in [-0.3, -0.25) is 0 Å². The first kappa shape index (κ1) is 12.8. The maximum absolute atomic E-state index is 13.2. The molecule has 4 aliphatic carbocycles. The van der Waals surface area contributed by atoms with E-state index in [0.29, 0.717) is 6.04 Å². The lowest BCUT2D eigenvalue weighted by molar-refractivity contribution is -0.0515. The maximum Gasteiger partial charge on any atom is 0.123 e. The summed E-state index contributed by atoms with van der Waals surface area (Å²) in [4.78, 5) is 0. The third-order valence-electron chi connectivity index (χ3n) is 6.22. The monoisotopic (exact) mass is 273 g/mol. The second-order valence-electron chi connectivity index (χ2n) is 7.33. The predicted molar refractivity (Wildman–Crippen MR) is 78.7 cm³/mol. The van der Waals surface area contributed by atoms with Crippen molar-refractivity contribution in [2.45, 2.75) is 38.1 Å². The van der Waals surface area contributed by atoms with Crippen LogP contribution in [0.3, 0.4) is 0 Å². The third kappa shape index (κ3) is 2.00. The average molecular weight is 273 g/mol. The van der Waals surface area contributed by atoms with Gasteiger partial charge in [-0.1, -0.05) is 12.1 Å². The SMILES string of the molecule is CNC(c1ccc(F)cc1)C1C2CC3CC(C2)CC1C3. The van der Waals surface area contributed by atoms with Crippen molar-refractivity contribution in [1.29, 1.82) is 0 Å². The van der Waals surface area contributed by atoms with Gasteiger partial charge in [0.25, 0.3) is 0 Å². The fourth-order valence-electron chi connectivity index (χ4n) is 5.76. The molecule has 0 aliphatic heterocycles. The lowest BCUT2D eigenvalue weighted by atomic mass is 9.50. The van der Waals surface area contributed by atoms with E-state index in [1.165, 1.54) is 37.7 Å². The molecule has 1 N–H and O–H groups in total. The van der Waals surface area contributed by atoms with E-state index in [1.54, 1.807) is 12.1 Å². The largest absolute Gasteiger partial charge is 0.313 e. The highest BCUT2D eigenvalue weighted by atomic mass is 19.1. The minimum Gasteiger partial charge on any atom is -0.313 e. The van der Waals surface area contributed by atoms with Crippen molar-refractivity contribution >= 4 is 0 Å². The molecular formula is C18H24FN. The molecular weight excluding hydrogens is 249 g/mol. The Labute approximate surface area is 121 Å². The van der Waals surface area contributed by atoms with Gasteiger partial charge in [0, 0.05) is 6.04 Å². The van der Waals surface area contributed by atoms with Crippen LogP contribution >= 0.6 is 0 Å². The molecule has 0 saturated heterocycles. The van der Waals surface area contributed by atoms with Crippen LogP contribution in [-0.2, 0) is 0 Å². The molecule has 2 heteroatoms. The Morgan fingerprint density at radius 1 is 0.950 bits per heavy atom. The quantitative estimate of drug-likeness (QED) is 0.872. The smallest absolute Gasteiger partial charge is 0.123 e. The molecule has 0 spiro atoms. The van der Waals surface area contributed by atoms with Crippen molar-refractivity contribution in [3.63, 3.8) is 0 Å². The second-order valence-corrected chi connectivity index (χ2v) is 7.33. The van der Waals surface area contributed by atoms with E-state index in [0.717, 1.165) is 29.6 Å². The van der Waals surface area contributed by atoms with E-state index in [4.69, 9.17) is 0 Å². The van der Waals surface area contributed by atoms with Gasteiger partial charge in [-0.15, -0.1) is 0 Å². The van der Waals surface area contributed by atoms with Crippen molar-refractivity contribution in [1.82, 2.24) is 5.32 Å². The van der Waals surface area contributed by atoms with Crippen LogP contribution < -0.4 is 5.32 Å². The molecule has 5 rings (SSSR count). The first-order valence-electron chi connectivity index (χ1n) is 8.17. The van der Waals surface area contributed by atoms with Gasteiger partial charge < -0.3 is 5.32 Å². The van der Waals surface area contributed by atoms with Gasteiger partial charge >= 0.3 is 0 Å². The molecule has 0 aromatic heterocycles. The predicted octanol–water partition coefficient (Wildman–Crippen LogP) is 4.16. The lowest BCUT2D eigenvalue weighted by Crippen LogP contribution is -2.49. The molecule has 1 nitrogen and oxygen atoms in total.